The summed E-state index contributed by atoms with van der Waals surface area (Å²) in [5, 5.41) is -0.448. The van der Waals surface area contributed by atoms with E-state index in [2.05, 4.69) is 0 Å². The maximum absolute atomic E-state index is 11.0. The van der Waals surface area contributed by atoms with Crippen molar-refractivity contribution >= 4 is 22.9 Å². The first-order valence-electron chi connectivity index (χ1n) is 4.70. The first-order valence-corrected chi connectivity index (χ1v) is 5.08. The molecule has 0 radical (unpaired) electrons. The minimum absolute atomic E-state index is 0.292. The van der Waals surface area contributed by atoms with Gasteiger partial charge in [-0.05, 0) is 49.7 Å². The van der Waals surface area contributed by atoms with E-state index in [9.17, 15) is 4.79 Å². The summed E-state index contributed by atoms with van der Waals surface area (Å²) in [4.78, 5) is 11.0. The summed E-state index contributed by atoms with van der Waals surface area (Å²) in [7, 11) is 0. The highest BCUT2D eigenvalue weighted by Gasteiger charge is 2.21. The molecule has 0 unspecified atom stereocenters. The molecule has 15 heavy (non-hydrogen) atoms. The van der Waals surface area contributed by atoms with Gasteiger partial charge in [0.15, 0.2) is 0 Å². The quantitative estimate of drug-likeness (QED) is 0.682. The molecule has 1 aromatic rings. The van der Waals surface area contributed by atoms with Crippen molar-refractivity contribution in [3.63, 3.8) is 0 Å². The molecule has 2 rings (SSSR count). The fourth-order valence-corrected chi connectivity index (χ4v) is 1.62. The van der Waals surface area contributed by atoms with Crippen LogP contribution in [0.15, 0.2) is 24.3 Å². The summed E-state index contributed by atoms with van der Waals surface area (Å²) >= 11 is 5.40. The fourth-order valence-electron chi connectivity index (χ4n) is 1.50. The molecule has 1 heterocycles. The summed E-state index contributed by atoms with van der Waals surface area (Å²) in [6.07, 6.45) is 3.90. The Bertz CT molecular complexity index is 447. The third-order valence-corrected chi connectivity index (χ3v) is 2.49. The first kappa shape index (κ1) is 10.2. The van der Waals surface area contributed by atoms with Crippen LogP contribution < -0.4 is 4.74 Å². The fraction of sp³-hybridized carbons (Fsp3) is 0.250. The van der Waals surface area contributed by atoms with E-state index < -0.39 is 5.24 Å². The molecule has 1 aromatic carbocycles. The Labute approximate surface area is 93.5 Å². The summed E-state index contributed by atoms with van der Waals surface area (Å²) in [6, 6.07) is 5.18. The van der Waals surface area contributed by atoms with E-state index in [1.54, 1.807) is 18.2 Å². The van der Waals surface area contributed by atoms with Crippen molar-refractivity contribution in [1.29, 1.82) is 0 Å². The highest BCUT2D eigenvalue weighted by Crippen LogP contribution is 2.31. The Balaban J connectivity index is 2.45. The van der Waals surface area contributed by atoms with E-state index in [-0.39, 0.29) is 5.60 Å². The molecule has 0 spiro atoms. The van der Waals surface area contributed by atoms with Gasteiger partial charge in [-0.2, -0.15) is 0 Å². The molecule has 0 bridgehead atoms. The molecule has 3 heteroatoms. The zero-order chi connectivity index (χ0) is 11.1. The van der Waals surface area contributed by atoms with Gasteiger partial charge < -0.3 is 4.74 Å². The number of halogens is 1. The molecule has 1 aliphatic heterocycles. The average Bonchev–Trinajstić information content (AvgIpc) is 2.15. The SMILES string of the molecule is CC1(C)C=Cc2cc(C(=O)Cl)ccc2O1. The molecule has 78 valence electrons. The number of hydrogen-bond donors (Lipinski definition) is 0. The Hall–Kier alpha value is -1.28. The molecule has 0 N–H and O–H groups in total. The molecular weight excluding hydrogens is 212 g/mol. The van der Waals surface area contributed by atoms with Gasteiger partial charge in [-0.3, -0.25) is 4.79 Å². The second kappa shape index (κ2) is 3.38. The highest BCUT2D eigenvalue weighted by atomic mass is 35.5. The van der Waals surface area contributed by atoms with Crippen molar-refractivity contribution < 1.29 is 9.53 Å². The van der Waals surface area contributed by atoms with Gasteiger partial charge in [0.05, 0.1) is 0 Å². The maximum atomic E-state index is 11.0. The van der Waals surface area contributed by atoms with Crippen LogP contribution in [0.1, 0.15) is 29.8 Å². The molecular formula is C12H11ClO2. The smallest absolute Gasteiger partial charge is 0.252 e. The number of benzene rings is 1. The van der Waals surface area contributed by atoms with Crippen molar-refractivity contribution in [2.24, 2.45) is 0 Å². The van der Waals surface area contributed by atoms with Crippen molar-refractivity contribution in [2.45, 2.75) is 19.4 Å². The van der Waals surface area contributed by atoms with Crippen LogP contribution in [0.3, 0.4) is 0 Å². The van der Waals surface area contributed by atoms with Crippen LogP contribution in [0.25, 0.3) is 6.08 Å². The Morgan fingerprint density at radius 2 is 2.13 bits per heavy atom. The zero-order valence-electron chi connectivity index (χ0n) is 8.58. The van der Waals surface area contributed by atoms with Gasteiger partial charge in [0, 0.05) is 11.1 Å². The van der Waals surface area contributed by atoms with Gasteiger partial charge in [-0.1, -0.05) is 6.08 Å². The highest BCUT2D eigenvalue weighted by molar-refractivity contribution is 6.67. The van der Waals surface area contributed by atoms with Gasteiger partial charge >= 0.3 is 0 Å². The largest absolute Gasteiger partial charge is 0.483 e. The van der Waals surface area contributed by atoms with Crippen LogP contribution in [0, 0.1) is 0 Å². The van der Waals surface area contributed by atoms with E-state index in [4.69, 9.17) is 16.3 Å². The lowest BCUT2D eigenvalue weighted by atomic mass is 10.0. The summed E-state index contributed by atoms with van der Waals surface area (Å²) in [6.45, 7) is 3.96. The van der Waals surface area contributed by atoms with Crippen molar-refractivity contribution in [3.8, 4) is 5.75 Å². The number of carbonyl (C=O) groups excluding carboxylic acids is 1. The third-order valence-electron chi connectivity index (χ3n) is 2.27. The Morgan fingerprint density at radius 3 is 2.80 bits per heavy atom. The molecule has 0 saturated heterocycles. The van der Waals surface area contributed by atoms with E-state index in [1.807, 2.05) is 26.0 Å². The van der Waals surface area contributed by atoms with Gasteiger partial charge in [0.2, 0.25) is 0 Å². The minimum atomic E-state index is -0.448. The van der Waals surface area contributed by atoms with E-state index in [0.717, 1.165) is 11.3 Å². The number of carbonyl (C=O) groups is 1. The predicted octanol–water partition coefficient (Wildman–Crippen LogP) is 3.25. The molecule has 0 amide bonds. The molecule has 0 atom stereocenters. The van der Waals surface area contributed by atoms with Crippen molar-refractivity contribution in [2.75, 3.05) is 0 Å². The molecule has 0 aliphatic carbocycles. The average molecular weight is 223 g/mol. The number of fused-ring (bicyclic) bond motifs is 1. The topological polar surface area (TPSA) is 26.3 Å². The van der Waals surface area contributed by atoms with Crippen LogP contribution in [0.5, 0.6) is 5.75 Å². The molecule has 0 fully saturated rings. The number of ether oxygens (including phenoxy) is 1. The lowest BCUT2D eigenvalue weighted by Gasteiger charge is -2.27. The molecule has 2 nitrogen and oxygen atoms in total. The second-order valence-corrected chi connectivity index (χ2v) is 4.41. The van der Waals surface area contributed by atoms with E-state index >= 15 is 0 Å². The number of rotatable bonds is 1. The van der Waals surface area contributed by atoms with Gasteiger partial charge in [0.25, 0.3) is 5.24 Å². The monoisotopic (exact) mass is 222 g/mol. The molecule has 0 aromatic heterocycles. The molecule has 0 saturated carbocycles. The maximum Gasteiger partial charge on any atom is 0.252 e. The van der Waals surface area contributed by atoms with E-state index in [0.29, 0.717) is 5.56 Å². The Kier molecular flexibility index (Phi) is 2.31. The standard InChI is InChI=1S/C12H11ClO2/c1-12(2)6-5-8-7-9(11(13)14)3-4-10(8)15-12/h3-7H,1-2H3. The third kappa shape index (κ3) is 2.05. The van der Waals surface area contributed by atoms with Crippen LogP contribution >= 0.6 is 11.6 Å². The summed E-state index contributed by atoms with van der Waals surface area (Å²) in [5.74, 6) is 0.782. The molecule has 1 aliphatic rings. The van der Waals surface area contributed by atoms with Crippen LogP contribution in [-0.4, -0.2) is 10.8 Å². The van der Waals surface area contributed by atoms with Crippen molar-refractivity contribution in [1.82, 2.24) is 0 Å². The normalized spacial score (nSPS) is 16.7. The van der Waals surface area contributed by atoms with Gasteiger partial charge in [-0.15, -0.1) is 0 Å². The number of hydrogen-bond acceptors (Lipinski definition) is 2. The Morgan fingerprint density at radius 1 is 1.40 bits per heavy atom. The van der Waals surface area contributed by atoms with Gasteiger partial charge in [0.1, 0.15) is 11.4 Å². The predicted molar refractivity (Wildman–Crippen MR) is 60.4 cm³/mol. The van der Waals surface area contributed by atoms with E-state index in [1.165, 1.54) is 0 Å². The summed E-state index contributed by atoms with van der Waals surface area (Å²) in [5.41, 5.74) is 1.09. The summed E-state index contributed by atoms with van der Waals surface area (Å²) < 4.78 is 5.71. The zero-order valence-corrected chi connectivity index (χ0v) is 9.34. The first-order chi connectivity index (χ1) is 6.98. The lowest BCUT2D eigenvalue weighted by molar-refractivity contribution is 0.108. The van der Waals surface area contributed by atoms with Crippen LogP contribution in [-0.2, 0) is 0 Å². The second-order valence-electron chi connectivity index (χ2n) is 4.07. The minimum Gasteiger partial charge on any atom is -0.483 e. The van der Waals surface area contributed by atoms with Gasteiger partial charge in [-0.25, -0.2) is 0 Å². The lowest BCUT2D eigenvalue weighted by Crippen LogP contribution is -2.27. The van der Waals surface area contributed by atoms with Crippen LogP contribution in [0.4, 0.5) is 0 Å². The van der Waals surface area contributed by atoms with Crippen molar-refractivity contribution in [3.05, 3.63) is 35.4 Å². The van der Waals surface area contributed by atoms with Crippen LogP contribution in [0.2, 0.25) is 0 Å².